The lowest BCUT2D eigenvalue weighted by atomic mass is 10.1. The molecule has 0 saturated heterocycles. The molecule has 8 heteroatoms. The van der Waals surface area contributed by atoms with Crippen LogP contribution in [-0.2, 0) is 4.79 Å². The van der Waals surface area contributed by atoms with E-state index in [1.54, 1.807) is 42.5 Å². The van der Waals surface area contributed by atoms with Crippen LogP contribution < -0.4 is 10.6 Å². The lowest BCUT2D eigenvalue weighted by Crippen LogP contribution is -2.19. The topological polar surface area (TPSA) is 95.5 Å². The summed E-state index contributed by atoms with van der Waals surface area (Å²) in [7, 11) is 0. The fraction of sp³-hybridized carbons (Fsp3) is 0.0357. The van der Waals surface area contributed by atoms with Crippen molar-refractivity contribution in [3.63, 3.8) is 0 Å². The summed E-state index contributed by atoms with van der Waals surface area (Å²) in [4.78, 5) is 37.8. The van der Waals surface area contributed by atoms with Gasteiger partial charge in [0.15, 0.2) is 0 Å². The van der Waals surface area contributed by atoms with E-state index in [1.807, 2.05) is 30.3 Å². The van der Waals surface area contributed by atoms with Gasteiger partial charge in [0.2, 0.25) is 5.91 Å². The van der Waals surface area contributed by atoms with Crippen molar-refractivity contribution in [3.8, 4) is 0 Å². The van der Waals surface area contributed by atoms with E-state index >= 15 is 0 Å². The van der Waals surface area contributed by atoms with Gasteiger partial charge in [-0.3, -0.25) is 9.59 Å². The highest BCUT2D eigenvalue weighted by Crippen LogP contribution is 2.37. The van der Waals surface area contributed by atoms with Crippen molar-refractivity contribution in [1.29, 1.82) is 0 Å². The zero-order valence-corrected chi connectivity index (χ0v) is 19.7. The number of aromatic carboxylic acids is 1. The average Bonchev–Trinajstić information content (AvgIpc) is 2.88. The molecule has 0 aliphatic rings. The number of rotatable bonds is 8. The molecule has 4 aromatic carbocycles. The minimum Gasteiger partial charge on any atom is -0.478 e. The summed E-state index contributed by atoms with van der Waals surface area (Å²) < 4.78 is 14.0. The van der Waals surface area contributed by atoms with Crippen LogP contribution in [0.15, 0.2) is 108 Å². The predicted molar refractivity (Wildman–Crippen MR) is 138 cm³/mol. The molecule has 0 heterocycles. The molecule has 0 radical (unpaired) electrons. The highest BCUT2D eigenvalue weighted by atomic mass is 32.2. The number of benzene rings is 4. The standard InChI is InChI=1S/C28H21FN2O4S/c29-24-15-5-4-14-23(24)26(32)30-21-12-7-13-22(17-21)36-25(18-8-2-1-3-9-18)27(33)31-20-11-6-10-19(16-20)28(34)35/h1-17,25H,(H,30,32)(H,31,33)(H,34,35). The van der Waals surface area contributed by atoms with Crippen molar-refractivity contribution in [3.05, 3.63) is 126 Å². The molecule has 6 nitrogen and oxygen atoms in total. The Bertz CT molecular complexity index is 1410. The normalized spacial score (nSPS) is 11.4. The lowest BCUT2D eigenvalue weighted by molar-refractivity contribution is -0.115. The fourth-order valence-corrected chi connectivity index (χ4v) is 4.55. The molecule has 4 aromatic rings. The number of nitrogens with one attached hydrogen (secondary N) is 2. The Kier molecular flexibility index (Phi) is 7.77. The molecule has 0 bridgehead atoms. The van der Waals surface area contributed by atoms with Gasteiger partial charge in [-0.25, -0.2) is 9.18 Å². The molecule has 1 unspecified atom stereocenters. The smallest absolute Gasteiger partial charge is 0.335 e. The van der Waals surface area contributed by atoms with E-state index in [0.717, 1.165) is 5.56 Å². The molecular formula is C28H21FN2O4S. The second-order valence-corrected chi connectivity index (χ2v) is 8.92. The van der Waals surface area contributed by atoms with Crippen molar-refractivity contribution >= 4 is 40.9 Å². The molecule has 0 spiro atoms. The van der Waals surface area contributed by atoms with Gasteiger partial charge in [-0.05, 0) is 54.1 Å². The molecule has 36 heavy (non-hydrogen) atoms. The molecule has 3 N–H and O–H groups in total. The number of hydrogen-bond donors (Lipinski definition) is 3. The number of anilines is 2. The monoisotopic (exact) mass is 500 g/mol. The van der Waals surface area contributed by atoms with Gasteiger partial charge in [-0.2, -0.15) is 0 Å². The summed E-state index contributed by atoms with van der Waals surface area (Å²) in [6.45, 7) is 0. The highest BCUT2D eigenvalue weighted by molar-refractivity contribution is 8.00. The Morgan fingerprint density at radius 2 is 1.42 bits per heavy atom. The van der Waals surface area contributed by atoms with Crippen molar-refractivity contribution in [2.75, 3.05) is 10.6 Å². The maximum atomic E-state index is 14.0. The van der Waals surface area contributed by atoms with Crippen molar-refractivity contribution in [1.82, 2.24) is 0 Å². The summed E-state index contributed by atoms with van der Waals surface area (Å²) >= 11 is 1.27. The zero-order valence-electron chi connectivity index (χ0n) is 18.9. The number of carbonyl (C=O) groups is 3. The SMILES string of the molecule is O=C(O)c1cccc(NC(=O)C(Sc2cccc(NC(=O)c3ccccc3F)c2)c2ccccc2)c1. The molecular weight excluding hydrogens is 479 g/mol. The number of halogens is 1. The van der Waals surface area contributed by atoms with Gasteiger partial charge in [0.05, 0.1) is 11.1 Å². The third-order valence-electron chi connectivity index (χ3n) is 5.18. The minimum absolute atomic E-state index is 0.0648. The van der Waals surface area contributed by atoms with Crippen LogP contribution in [0.5, 0.6) is 0 Å². The molecule has 1 atom stereocenters. The Hall–Kier alpha value is -4.43. The van der Waals surface area contributed by atoms with E-state index in [0.29, 0.717) is 16.3 Å². The molecule has 0 aliphatic carbocycles. The minimum atomic E-state index is -1.09. The first kappa shape index (κ1) is 24.7. The Labute approximate surface area is 211 Å². The van der Waals surface area contributed by atoms with Crippen LogP contribution in [0.25, 0.3) is 0 Å². The van der Waals surface area contributed by atoms with Gasteiger partial charge < -0.3 is 15.7 Å². The molecule has 0 aromatic heterocycles. The van der Waals surface area contributed by atoms with Crippen LogP contribution in [0, 0.1) is 5.82 Å². The van der Waals surface area contributed by atoms with E-state index in [4.69, 9.17) is 0 Å². The summed E-state index contributed by atoms with van der Waals surface area (Å²) in [6, 6.07) is 27.8. The number of carboxylic acids is 1. The zero-order chi connectivity index (χ0) is 25.5. The van der Waals surface area contributed by atoms with Crippen LogP contribution in [0.2, 0.25) is 0 Å². The van der Waals surface area contributed by atoms with Crippen molar-refractivity contribution in [2.24, 2.45) is 0 Å². The van der Waals surface area contributed by atoms with Gasteiger partial charge in [-0.1, -0.05) is 54.6 Å². The van der Waals surface area contributed by atoms with Crippen LogP contribution >= 0.6 is 11.8 Å². The van der Waals surface area contributed by atoms with E-state index in [9.17, 15) is 23.9 Å². The Morgan fingerprint density at radius 1 is 0.750 bits per heavy atom. The number of carbonyl (C=O) groups excluding carboxylic acids is 2. The average molecular weight is 501 g/mol. The third kappa shape index (κ3) is 6.17. The van der Waals surface area contributed by atoms with Gasteiger partial charge in [0.1, 0.15) is 11.1 Å². The first-order valence-corrected chi connectivity index (χ1v) is 11.8. The van der Waals surface area contributed by atoms with Crippen LogP contribution in [0.4, 0.5) is 15.8 Å². The first-order chi connectivity index (χ1) is 17.4. The van der Waals surface area contributed by atoms with Gasteiger partial charge in [0, 0.05) is 16.3 Å². The molecule has 0 fully saturated rings. The number of thioether (sulfide) groups is 1. The number of hydrogen-bond acceptors (Lipinski definition) is 4. The third-order valence-corrected chi connectivity index (χ3v) is 6.43. The van der Waals surface area contributed by atoms with E-state index in [1.165, 1.54) is 42.1 Å². The van der Waals surface area contributed by atoms with Gasteiger partial charge in [0.25, 0.3) is 5.91 Å². The van der Waals surface area contributed by atoms with E-state index in [-0.39, 0.29) is 17.0 Å². The Balaban J connectivity index is 1.56. The lowest BCUT2D eigenvalue weighted by Gasteiger charge is -2.18. The molecule has 0 aliphatic heterocycles. The Morgan fingerprint density at radius 3 is 2.14 bits per heavy atom. The maximum absolute atomic E-state index is 14.0. The summed E-state index contributed by atoms with van der Waals surface area (Å²) in [6.07, 6.45) is 0. The summed E-state index contributed by atoms with van der Waals surface area (Å²) in [5.74, 6) is -2.62. The second-order valence-electron chi connectivity index (χ2n) is 7.75. The van der Waals surface area contributed by atoms with Gasteiger partial charge in [-0.15, -0.1) is 11.8 Å². The van der Waals surface area contributed by atoms with Crippen LogP contribution in [0.3, 0.4) is 0 Å². The summed E-state index contributed by atoms with van der Waals surface area (Å²) in [5, 5.41) is 14.1. The largest absolute Gasteiger partial charge is 0.478 e. The van der Waals surface area contributed by atoms with Crippen molar-refractivity contribution < 1.29 is 23.9 Å². The van der Waals surface area contributed by atoms with Crippen LogP contribution in [-0.4, -0.2) is 22.9 Å². The van der Waals surface area contributed by atoms with Gasteiger partial charge >= 0.3 is 5.97 Å². The molecule has 0 saturated carbocycles. The molecule has 180 valence electrons. The quantitative estimate of drug-likeness (QED) is 0.249. The maximum Gasteiger partial charge on any atom is 0.335 e. The molecule has 4 rings (SSSR count). The number of amides is 2. The highest BCUT2D eigenvalue weighted by Gasteiger charge is 2.23. The summed E-state index contributed by atoms with van der Waals surface area (Å²) in [5.41, 5.74) is 1.56. The van der Waals surface area contributed by atoms with Crippen LogP contribution in [0.1, 0.15) is 31.5 Å². The predicted octanol–water partition coefficient (Wildman–Crippen LogP) is 6.25. The first-order valence-electron chi connectivity index (χ1n) is 10.9. The second kappa shape index (κ2) is 11.3. The van der Waals surface area contributed by atoms with E-state index < -0.39 is 22.9 Å². The van der Waals surface area contributed by atoms with E-state index in [2.05, 4.69) is 10.6 Å². The number of carboxylic acid groups (broad SMARTS) is 1. The molecule has 2 amide bonds. The van der Waals surface area contributed by atoms with Crippen molar-refractivity contribution in [2.45, 2.75) is 10.1 Å². The fourth-order valence-electron chi connectivity index (χ4n) is 3.47.